The monoisotopic (exact) mass is 279 g/mol. The van der Waals surface area contributed by atoms with Gasteiger partial charge >= 0.3 is 0 Å². The number of nitrogens with one attached hydrogen (secondary N) is 1. The van der Waals surface area contributed by atoms with Gasteiger partial charge in [-0.1, -0.05) is 23.8 Å². The first kappa shape index (κ1) is 13.9. The van der Waals surface area contributed by atoms with Gasteiger partial charge in [-0.2, -0.15) is 0 Å². The Kier molecular flexibility index (Phi) is 5.22. The maximum Gasteiger partial charge on any atom is 0.129 e. The van der Waals surface area contributed by atoms with Crippen molar-refractivity contribution in [3.05, 3.63) is 10.8 Å². The van der Waals surface area contributed by atoms with Crippen molar-refractivity contribution in [2.45, 2.75) is 38.2 Å². The third-order valence-electron chi connectivity index (χ3n) is 2.40. The van der Waals surface area contributed by atoms with E-state index in [0.717, 1.165) is 0 Å². The van der Waals surface area contributed by atoms with Gasteiger partial charge in [0.05, 0.1) is 16.5 Å². The highest BCUT2D eigenvalue weighted by molar-refractivity contribution is 7.80. The number of hydrogen-bond acceptors (Lipinski definition) is 3. The second kappa shape index (κ2) is 5.99. The van der Waals surface area contributed by atoms with E-state index in [9.17, 15) is 0 Å². The summed E-state index contributed by atoms with van der Waals surface area (Å²) in [7, 11) is 0. The zero-order valence-electron chi connectivity index (χ0n) is 9.30. The van der Waals surface area contributed by atoms with Gasteiger partial charge < -0.3 is 10.1 Å². The van der Waals surface area contributed by atoms with E-state index in [0.29, 0.717) is 29.3 Å². The molecule has 2 unspecified atom stereocenters. The highest BCUT2D eigenvalue weighted by atomic mass is 35.5. The lowest BCUT2D eigenvalue weighted by Crippen LogP contribution is -2.26. The second-order valence-corrected chi connectivity index (χ2v) is 5.33. The summed E-state index contributed by atoms with van der Waals surface area (Å²) in [5.41, 5.74) is 0.419. The van der Waals surface area contributed by atoms with Gasteiger partial charge in [-0.25, -0.2) is 0 Å². The average molecular weight is 280 g/mol. The molecule has 0 saturated heterocycles. The summed E-state index contributed by atoms with van der Waals surface area (Å²) in [4.78, 5) is 0. The van der Waals surface area contributed by atoms with Gasteiger partial charge in [0.25, 0.3) is 0 Å². The van der Waals surface area contributed by atoms with E-state index >= 15 is 0 Å². The van der Waals surface area contributed by atoms with Crippen LogP contribution in [0.3, 0.4) is 0 Å². The van der Waals surface area contributed by atoms with Gasteiger partial charge in [0.1, 0.15) is 5.76 Å². The van der Waals surface area contributed by atoms with Crippen molar-refractivity contribution in [3.8, 4) is 0 Å². The van der Waals surface area contributed by atoms with Crippen molar-refractivity contribution >= 4 is 46.5 Å². The molecule has 0 aromatic rings. The third kappa shape index (κ3) is 3.44. The first-order chi connectivity index (χ1) is 7.45. The fraction of sp³-hybridized carbons (Fsp3) is 0.636. The Morgan fingerprint density at radius 1 is 1.62 bits per heavy atom. The number of hydrogen-bond donors (Lipinski definition) is 1. The summed E-state index contributed by atoms with van der Waals surface area (Å²) in [5.74, 6) is 0.679. The lowest BCUT2D eigenvalue weighted by Gasteiger charge is -2.28. The molecule has 1 aliphatic carbocycles. The Morgan fingerprint density at radius 3 is 2.69 bits per heavy atom. The average Bonchev–Trinajstić information content (AvgIpc) is 2.21. The summed E-state index contributed by atoms with van der Waals surface area (Å²) >= 11 is 17.1. The van der Waals surface area contributed by atoms with Gasteiger partial charge in [-0.15, -0.1) is 11.6 Å². The van der Waals surface area contributed by atoms with E-state index in [2.05, 4.69) is 0 Å². The van der Waals surface area contributed by atoms with Crippen LogP contribution >= 0.6 is 35.4 Å². The van der Waals surface area contributed by atoms with Crippen molar-refractivity contribution in [1.82, 2.24) is 0 Å². The maximum absolute atomic E-state index is 7.68. The summed E-state index contributed by atoms with van der Waals surface area (Å²) in [6, 6.07) is 0. The molecule has 1 rings (SSSR count). The summed E-state index contributed by atoms with van der Waals surface area (Å²) in [6.45, 7) is 3.87. The molecule has 0 fully saturated rings. The lowest BCUT2D eigenvalue weighted by atomic mass is 9.89. The molecular formula is C11H15Cl2NOS. The van der Waals surface area contributed by atoms with Crippen molar-refractivity contribution in [1.29, 1.82) is 5.41 Å². The van der Waals surface area contributed by atoms with Crippen LogP contribution in [0.25, 0.3) is 0 Å². The molecule has 0 bridgehead atoms. The lowest BCUT2D eigenvalue weighted by molar-refractivity contribution is 0.133. The second-order valence-electron chi connectivity index (χ2n) is 4.11. The molecule has 0 heterocycles. The van der Waals surface area contributed by atoms with Crippen LogP contribution in [0.1, 0.15) is 26.7 Å². The smallest absolute Gasteiger partial charge is 0.129 e. The number of ether oxygens (including phenoxy) is 1. The highest BCUT2D eigenvalue weighted by Gasteiger charge is 2.30. The number of halogens is 2. The SMILES string of the molecule is CC(C)OC1=C(Cl)CC(C(=N)C=S)CC1Cl. The van der Waals surface area contributed by atoms with E-state index in [1.165, 1.54) is 5.37 Å². The maximum atomic E-state index is 7.68. The Morgan fingerprint density at radius 2 is 2.25 bits per heavy atom. The molecular weight excluding hydrogens is 265 g/mol. The van der Waals surface area contributed by atoms with Crippen LogP contribution in [0.4, 0.5) is 0 Å². The van der Waals surface area contributed by atoms with E-state index in [4.69, 9.17) is 45.6 Å². The van der Waals surface area contributed by atoms with Crippen molar-refractivity contribution < 1.29 is 4.74 Å². The molecule has 2 nitrogen and oxygen atoms in total. The van der Waals surface area contributed by atoms with E-state index in [1.807, 2.05) is 13.8 Å². The zero-order chi connectivity index (χ0) is 12.3. The Balaban J connectivity index is 2.81. The molecule has 16 heavy (non-hydrogen) atoms. The molecule has 5 heteroatoms. The molecule has 1 aliphatic rings. The van der Waals surface area contributed by atoms with Crippen molar-refractivity contribution in [3.63, 3.8) is 0 Å². The predicted octanol–water partition coefficient (Wildman–Crippen LogP) is 3.90. The van der Waals surface area contributed by atoms with Gasteiger partial charge in [0.2, 0.25) is 0 Å². The van der Waals surface area contributed by atoms with Crippen molar-refractivity contribution in [2.24, 2.45) is 5.92 Å². The number of rotatable bonds is 4. The minimum absolute atomic E-state index is 0.0204. The molecule has 0 radical (unpaired) electrons. The molecule has 1 N–H and O–H groups in total. The minimum Gasteiger partial charge on any atom is -0.493 e. The van der Waals surface area contributed by atoms with Gasteiger partial charge in [0.15, 0.2) is 0 Å². The van der Waals surface area contributed by atoms with Gasteiger partial charge in [-0.05, 0) is 26.7 Å². The Hall–Kier alpha value is -0.120. The first-order valence-corrected chi connectivity index (χ1v) is 6.47. The molecule has 0 spiro atoms. The van der Waals surface area contributed by atoms with Crippen LogP contribution in [0.2, 0.25) is 0 Å². The molecule has 0 aliphatic heterocycles. The van der Waals surface area contributed by atoms with Gasteiger partial charge in [0, 0.05) is 17.0 Å². The number of thiocarbonyl (C=S) groups is 1. The molecule has 90 valence electrons. The summed E-state index contributed by atoms with van der Waals surface area (Å²) in [5, 5.41) is 9.42. The van der Waals surface area contributed by atoms with Crippen LogP contribution in [0, 0.1) is 11.3 Å². The topological polar surface area (TPSA) is 33.1 Å². The molecule has 0 aromatic carbocycles. The standard InChI is InChI=1S/C11H15Cl2NOS/c1-6(2)15-11-8(12)3-7(4-9(11)13)10(14)5-16/h5-8,14H,3-4H2,1-2H3. The minimum atomic E-state index is -0.260. The molecule has 0 aromatic heterocycles. The van der Waals surface area contributed by atoms with Crippen LogP contribution in [0.15, 0.2) is 10.8 Å². The number of allylic oxidation sites excluding steroid dienone is 2. The van der Waals surface area contributed by atoms with E-state index in [1.54, 1.807) is 0 Å². The van der Waals surface area contributed by atoms with E-state index < -0.39 is 0 Å². The zero-order valence-corrected chi connectivity index (χ0v) is 11.6. The largest absolute Gasteiger partial charge is 0.493 e. The van der Waals surface area contributed by atoms with Crippen LogP contribution in [-0.2, 0) is 4.74 Å². The fourth-order valence-electron chi connectivity index (χ4n) is 1.65. The third-order valence-corrected chi connectivity index (χ3v) is 3.37. The predicted molar refractivity (Wildman–Crippen MR) is 72.8 cm³/mol. The Labute approximate surface area is 111 Å². The highest BCUT2D eigenvalue weighted by Crippen LogP contribution is 2.36. The molecule has 0 saturated carbocycles. The quantitative estimate of drug-likeness (QED) is 0.481. The van der Waals surface area contributed by atoms with Crippen molar-refractivity contribution in [2.75, 3.05) is 0 Å². The van der Waals surface area contributed by atoms with Crippen LogP contribution in [-0.4, -0.2) is 22.6 Å². The molecule has 0 amide bonds. The van der Waals surface area contributed by atoms with Crippen LogP contribution < -0.4 is 0 Å². The van der Waals surface area contributed by atoms with E-state index in [-0.39, 0.29) is 17.4 Å². The molecule has 2 atom stereocenters. The Bertz CT molecular complexity index is 328. The van der Waals surface area contributed by atoms with Gasteiger partial charge in [-0.3, -0.25) is 0 Å². The number of alkyl halides is 1. The normalized spacial score (nSPS) is 25.8. The summed E-state index contributed by atoms with van der Waals surface area (Å²) in [6.07, 6.45) is 1.32. The first-order valence-electron chi connectivity index (χ1n) is 5.18. The summed E-state index contributed by atoms with van der Waals surface area (Å²) < 4.78 is 5.59. The fourth-order valence-corrected chi connectivity index (χ4v) is 2.66. The van der Waals surface area contributed by atoms with Crippen LogP contribution in [0.5, 0.6) is 0 Å².